The molecule has 0 aliphatic carbocycles. The van der Waals surface area contributed by atoms with E-state index < -0.39 is 0 Å². The minimum absolute atomic E-state index is 0.326. The summed E-state index contributed by atoms with van der Waals surface area (Å²) in [6.07, 6.45) is 0.326. The predicted molar refractivity (Wildman–Crippen MR) is 74.5 cm³/mol. The van der Waals surface area contributed by atoms with E-state index in [2.05, 4.69) is 43.2 Å². The van der Waals surface area contributed by atoms with Gasteiger partial charge in [0.15, 0.2) is 0 Å². The Morgan fingerprint density at radius 1 is 1.35 bits per heavy atom. The van der Waals surface area contributed by atoms with Crippen LogP contribution in [0.5, 0.6) is 0 Å². The van der Waals surface area contributed by atoms with Crippen molar-refractivity contribution in [2.75, 3.05) is 27.2 Å². The molecule has 3 nitrogen and oxygen atoms in total. The van der Waals surface area contributed by atoms with Crippen LogP contribution in [0, 0.1) is 0 Å². The number of likely N-dealkylation sites (N-methyl/N-ethyl adjacent to an activating group) is 1. The second kappa shape index (κ2) is 7.82. The molecule has 0 aromatic carbocycles. The summed E-state index contributed by atoms with van der Waals surface area (Å²) >= 11 is 1.88. The normalized spacial score (nSPS) is 11.6. The highest BCUT2D eigenvalue weighted by molar-refractivity contribution is 7.11. The molecule has 1 aromatic heterocycles. The third-order valence-corrected chi connectivity index (χ3v) is 3.49. The maximum absolute atomic E-state index is 5.55. The van der Waals surface area contributed by atoms with Gasteiger partial charge >= 0.3 is 0 Å². The summed E-state index contributed by atoms with van der Waals surface area (Å²) < 4.78 is 5.55. The Morgan fingerprint density at radius 3 is 2.71 bits per heavy atom. The maximum Gasteiger partial charge on any atom is 0.0596 e. The molecule has 17 heavy (non-hydrogen) atoms. The van der Waals surface area contributed by atoms with E-state index in [0.29, 0.717) is 6.10 Å². The van der Waals surface area contributed by atoms with Crippen molar-refractivity contribution in [3.63, 3.8) is 0 Å². The van der Waals surface area contributed by atoms with Gasteiger partial charge in [0.05, 0.1) is 12.7 Å². The molecule has 1 rings (SSSR count). The first kappa shape index (κ1) is 14.6. The van der Waals surface area contributed by atoms with Gasteiger partial charge in [-0.2, -0.15) is 0 Å². The Labute approximate surface area is 109 Å². The molecular formula is C13H24N2OS. The van der Waals surface area contributed by atoms with Gasteiger partial charge in [0.1, 0.15) is 0 Å². The summed E-state index contributed by atoms with van der Waals surface area (Å²) in [5.41, 5.74) is 0. The van der Waals surface area contributed by atoms with Crippen LogP contribution in [0.1, 0.15) is 23.6 Å². The Morgan fingerprint density at radius 2 is 2.06 bits per heavy atom. The van der Waals surface area contributed by atoms with E-state index in [-0.39, 0.29) is 0 Å². The van der Waals surface area contributed by atoms with Crippen LogP contribution in [-0.4, -0.2) is 38.3 Å². The summed E-state index contributed by atoms with van der Waals surface area (Å²) in [7, 11) is 4.12. The van der Waals surface area contributed by atoms with Crippen LogP contribution < -0.4 is 5.32 Å². The van der Waals surface area contributed by atoms with Gasteiger partial charge in [-0.25, -0.2) is 0 Å². The van der Waals surface area contributed by atoms with Crippen molar-refractivity contribution in [2.24, 2.45) is 0 Å². The molecule has 0 fully saturated rings. The highest BCUT2D eigenvalue weighted by atomic mass is 32.1. The summed E-state index contributed by atoms with van der Waals surface area (Å²) in [6.45, 7) is 7.91. The quantitative estimate of drug-likeness (QED) is 0.772. The van der Waals surface area contributed by atoms with Crippen LogP contribution in [0.4, 0.5) is 0 Å². The Hall–Kier alpha value is -0.420. The number of rotatable bonds is 8. The van der Waals surface area contributed by atoms with Crippen LogP contribution in [0.15, 0.2) is 12.1 Å². The molecule has 98 valence electrons. The molecule has 1 heterocycles. The zero-order chi connectivity index (χ0) is 12.7. The second-order valence-electron chi connectivity index (χ2n) is 4.56. The van der Waals surface area contributed by atoms with E-state index in [4.69, 9.17) is 4.74 Å². The molecule has 1 N–H and O–H groups in total. The standard InChI is InChI=1S/C13H24N2OS/c1-11(2)16-8-7-15(4)10-13-6-5-12(17-13)9-14-3/h5-6,11,14H,7-10H2,1-4H3. The number of hydrogen-bond donors (Lipinski definition) is 1. The van der Waals surface area contributed by atoms with Gasteiger partial charge in [-0.15, -0.1) is 11.3 Å². The van der Waals surface area contributed by atoms with Gasteiger partial charge in [-0.05, 0) is 40.1 Å². The van der Waals surface area contributed by atoms with Crippen LogP contribution in [0.3, 0.4) is 0 Å². The topological polar surface area (TPSA) is 24.5 Å². The summed E-state index contributed by atoms with van der Waals surface area (Å²) in [4.78, 5) is 5.12. The van der Waals surface area contributed by atoms with Crippen molar-refractivity contribution in [1.82, 2.24) is 10.2 Å². The molecule has 4 heteroatoms. The molecule has 0 radical (unpaired) electrons. The third-order valence-electron chi connectivity index (χ3n) is 2.42. The number of nitrogens with one attached hydrogen (secondary N) is 1. The lowest BCUT2D eigenvalue weighted by atomic mass is 10.4. The lowest BCUT2D eigenvalue weighted by Crippen LogP contribution is -2.23. The largest absolute Gasteiger partial charge is 0.377 e. The molecule has 0 aliphatic rings. The van der Waals surface area contributed by atoms with Crippen molar-refractivity contribution in [3.05, 3.63) is 21.9 Å². The highest BCUT2D eigenvalue weighted by Gasteiger charge is 2.04. The molecule has 0 saturated carbocycles. The third kappa shape index (κ3) is 6.17. The number of ether oxygens (including phenoxy) is 1. The van der Waals surface area contributed by atoms with Gasteiger partial charge in [0.2, 0.25) is 0 Å². The predicted octanol–water partition coefficient (Wildman–Crippen LogP) is 2.32. The molecule has 0 aliphatic heterocycles. The second-order valence-corrected chi connectivity index (χ2v) is 5.81. The first-order valence-electron chi connectivity index (χ1n) is 6.14. The van der Waals surface area contributed by atoms with Crippen molar-refractivity contribution in [3.8, 4) is 0 Å². The summed E-state index contributed by atoms with van der Waals surface area (Å²) in [5.74, 6) is 0. The van der Waals surface area contributed by atoms with Gasteiger partial charge in [0, 0.05) is 29.4 Å². The average Bonchev–Trinajstić information content (AvgIpc) is 2.65. The SMILES string of the molecule is CNCc1ccc(CN(C)CCOC(C)C)s1. The molecule has 0 amide bonds. The molecule has 0 bridgehead atoms. The van der Waals surface area contributed by atoms with Gasteiger partial charge in [-0.1, -0.05) is 0 Å². The van der Waals surface area contributed by atoms with Gasteiger partial charge in [-0.3, -0.25) is 4.90 Å². The number of nitrogens with zero attached hydrogens (tertiary/aromatic N) is 1. The fraction of sp³-hybridized carbons (Fsp3) is 0.692. The maximum atomic E-state index is 5.55. The fourth-order valence-corrected chi connectivity index (χ4v) is 2.68. The lowest BCUT2D eigenvalue weighted by molar-refractivity contribution is 0.0628. The van der Waals surface area contributed by atoms with Crippen LogP contribution in [0.25, 0.3) is 0 Å². The monoisotopic (exact) mass is 256 g/mol. The van der Waals surface area contributed by atoms with Crippen LogP contribution in [0.2, 0.25) is 0 Å². The first-order chi connectivity index (χ1) is 8.11. The summed E-state index contributed by atoms with van der Waals surface area (Å²) in [5, 5.41) is 3.17. The van der Waals surface area contributed by atoms with E-state index in [9.17, 15) is 0 Å². The molecule has 1 aromatic rings. The smallest absolute Gasteiger partial charge is 0.0596 e. The zero-order valence-corrected chi connectivity index (χ0v) is 12.1. The van der Waals surface area contributed by atoms with E-state index in [1.165, 1.54) is 9.75 Å². The Kier molecular flexibility index (Phi) is 6.73. The highest BCUT2D eigenvalue weighted by Crippen LogP contribution is 2.17. The average molecular weight is 256 g/mol. The number of thiophene rings is 1. The van der Waals surface area contributed by atoms with Gasteiger partial charge < -0.3 is 10.1 Å². The molecular weight excluding hydrogens is 232 g/mol. The Balaban J connectivity index is 2.26. The van der Waals surface area contributed by atoms with Crippen molar-refractivity contribution < 1.29 is 4.74 Å². The zero-order valence-electron chi connectivity index (χ0n) is 11.3. The van der Waals surface area contributed by atoms with E-state index in [1.54, 1.807) is 0 Å². The molecule has 0 unspecified atom stereocenters. The van der Waals surface area contributed by atoms with Crippen LogP contribution in [-0.2, 0) is 17.8 Å². The minimum Gasteiger partial charge on any atom is -0.377 e. The minimum atomic E-state index is 0.326. The van der Waals surface area contributed by atoms with E-state index in [0.717, 1.165) is 26.2 Å². The first-order valence-corrected chi connectivity index (χ1v) is 6.95. The Bertz CT molecular complexity index is 312. The van der Waals surface area contributed by atoms with Crippen molar-refractivity contribution >= 4 is 11.3 Å². The van der Waals surface area contributed by atoms with E-state index >= 15 is 0 Å². The van der Waals surface area contributed by atoms with Gasteiger partial charge in [0.25, 0.3) is 0 Å². The number of hydrogen-bond acceptors (Lipinski definition) is 4. The molecule has 0 spiro atoms. The van der Waals surface area contributed by atoms with Crippen molar-refractivity contribution in [2.45, 2.75) is 33.0 Å². The van der Waals surface area contributed by atoms with E-state index in [1.807, 2.05) is 18.4 Å². The molecule has 0 saturated heterocycles. The lowest BCUT2D eigenvalue weighted by Gasteiger charge is -2.16. The van der Waals surface area contributed by atoms with Crippen LogP contribution >= 0.6 is 11.3 Å². The summed E-state index contributed by atoms with van der Waals surface area (Å²) in [6, 6.07) is 4.42. The fourth-order valence-electron chi connectivity index (χ4n) is 1.57. The molecule has 0 atom stereocenters. The van der Waals surface area contributed by atoms with Crippen molar-refractivity contribution in [1.29, 1.82) is 0 Å².